The van der Waals surface area contributed by atoms with Crippen LogP contribution in [0.3, 0.4) is 0 Å². The first kappa shape index (κ1) is 23.7. The number of nitrogens with one attached hydrogen (secondary N) is 1. The van der Waals surface area contributed by atoms with Crippen molar-refractivity contribution in [3.63, 3.8) is 0 Å². The van der Waals surface area contributed by atoms with E-state index in [4.69, 9.17) is 14.9 Å². The summed E-state index contributed by atoms with van der Waals surface area (Å²) in [6.45, 7) is 7.55. The number of amidine groups is 1. The number of carbonyl (C=O) groups is 4. The molecule has 174 valence electrons. The molecule has 1 aromatic carbocycles. The molecule has 3 N–H and O–H groups in total. The summed E-state index contributed by atoms with van der Waals surface area (Å²) in [5.74, 6) is -0.800. The maximum Gasteiger partial charge on any atom is 0.327 e. The molecular formula is C23H26N4O6. The number of ketones is 1. The number of carbonyl (C=O) groups excluding carboxylic acids is 4. The van der Waals surface area contributed by atoms with Crippen molar-refractivity contribution in [2.75, 3.05) is 6.73 Å². The number of nitrogens with two attached hydrogens (primary N) is 1. The highest BCUT2D eigenvalue weighted by atomic mass is 16.5. The van der Waals surface area contributed by atoms with Crippen LogP contribution in [-0.2, 0) is 19.1 Å². The van der Waals surface area contributed by atoms with Crippen LogP contribution >= 0.6 is 0 Å². The van der Waals surface area contributed by atoms with E-state index in [1.54, 1.807) is 52.0 Å². The van der Waals surface area contributed by atoms with Gasteiger partial charge >= 0.3 is 12.0 Å². The topological polar surface area (TPSA) is 144 Å². The van der Waals surface area contributed by atoms with Gasteiger partial charge in [-0.05, 0) is 58.9 Å². The van der Waals surface area contributed by atoms with Gasteiger partial charge < -0.3 is 20.2 Å². The maximum atomic E-state index is 12.8. The molecule has 33 heavy (non-hydrogen) atoms. The first-order valence-electron chi connectivity index (χ1n) is 10.2. The Hall–Kier alpha value is -3.95. The second kappa shape index (κ2) is 8.89. The largest absolute Gasteiger partial charge is 0.458 e. The lowest BCUT2D eigenvalue weighted by Gasteiger charge is -2.19. The number of ether oxygens (including phenoxy) is 1. The zero-order chi connectivity index (χ0) is 24.5. The second-order valence-electron chi connectivity index (χ2n) is 8.75. The number of allylic oxidation sites excluding steroid dienone is 1. The molecule has 1 aliphatic heterocycles. The van der Waals surface area contributed by atoms with Crippen LogP contribution in [0.25, 0.3) is 16.7 Å². The molecule has 1 atom stereocenters. The van der Waals surface area contributed by atoms with E-state index in [0.717, 1.165) is 4.90 Å². The Bertz CT molecular complexity index is 1200. The number of aliphatic imine (C=N–C) groups is 1. The Labute approximate surface area is 190 Å². The number of hydrogen-bond donors (Lipinski definition) is 2. The van der Waals surface area contributed by atoms with E-state index in [9.17, 15) is 19.2 Å². The van der Waals surface area contributed by atoms with E-state index < -0.39 is 36.1 Å². The third kappa shape index (κ3) is 5.28. The standard InChI is InChI=1S/C23H26N4O6/c1-12(28)8-16(25-13(2)24)14-6-7-17-15(9-14)10-18(33-17)19-20(29)27(22(31)26-19)11-32-21(30)23(3,4)5/h6-10,19H,11H2,1-5H3,(H2,24,25)(H,26,31)/b16-8-/t19-/m0/s1. The van der Waals surface area contributed by atoms with Gasteiger partial charge in [0.15, 0.2) is 18.6 Å². The Balaban J connectivity index is 1.85. The van der Waals surface area contributed by atoms with Crippen LogP contribution in [-0.4, -0.2) is 41.2 Å². The van der Waals surface area contributed by atoms with Crippen LogP contribution in [0.2, 0.25) is 0 Å². The Morgan fingerprint density at radius 3 is 2.55 bits per heavy atom. The van der Waals surface area contributed by atoms with Crippen molar-refractivity contribution >= 4 is 46.2 Å². The van der Waals surface area contributed by atoms with E-state index in [1.807, 2.05) is 0 Å². The molecule has 0 unspecified atom stereocenters. The lowest BCUT2D eigenvalue weighted by molar-refractivity contribution is -0.158. The number of urea groups is 1. The van der Waals surface area contributed by atoms with Crippen molar-refractivity contribution in [2.45, 2.75) is 40.7 Å². The number of imide groups is 1. The van der Waals surface area contributed by atoms with Crippen LogP contribution in [0.15, 0.2) is 39.8 Å². The number of amides is 3. The van der Waals surface area contributed by atoms with Crippen molar-refractivity contribution in [2.24, 2.45) is 16.1 Å². The number of benzene rings is 1. The normalized spacial score (nSPS) is 17.5. The molecule has 10 nitrogen and oxygen atoms in total. The van der Waals surface area contributed by atoms with E-state index in [1.165, 1.54) is 13.0 Å². The highest BCUT2D eigenvalue weighted by molar-refractivity contribution is 6.05. The molecule has 2 heterocycles. The highest BCUT2D eigenvalue weighted by Crippen LogP contribution is 2.30. The summed E-state index contributed by atoms with van der Waals surface area (Å²) >= 11 is 0. The molecule has 0 saturated carbocycles. The highest BCUT2D eigenvalue weighted by Gasteiger charge is 2.42. The van der Waals surface area contributed by atoms with Crippen LogP contribution < -0.4 is 11.1 Å². The molecule has 3 rings (SSSR count). The van der Waals surface area contributed by atoms with Crippen molar-refractivity contribution in [3.05, 3.63) is 41.7 Å². The molecule has 0 aliphatic carbocycles. The van der Waals surface area contributed by atoms with Crippen molar-refractivity contribution in [1.82, 2.24) is 10.2 Å². The van der Waals surface area contributed by atoms with Crippen LogP contribution in [0.5, 0.6) is 0 Å². The zero-order valence-electron chi connectivity index (χ0n) is 19.1. The zero-order valence-corrected chi connectivity index (χ0v) is 19.1. The number of rotatable bonds is 6. The molecule has 0 bridgehead atoms. The quantitative estimate of drug-likeness (QED) is 0.224. The molecule has 2 aromatic rings. The van der Waals surface area contributed by atoms with Gasteiger partial charge in [-0.1, -0.05) is 0 Å². The maximum absolute atomic E-state index is 12.8. The number of nitrogens with zero attached hydrogens (tertiary/aromatic N) is 2. The molecule has 1 aliphatic rings. The first-order chi connectivity index (χ1) is 15.4. The van der Waals surface area contributed by atoms with Gasteiger partial charge in [0.1, 0.15) is 11.3 Å². The van der Waals surface area contributed by atoms with Gasteiger partial charge in [-0.15, -0.1) is 0 Å². The smallest absolute Gasteiger partial charge is 0.327 e. The van der Waals surface area contributed by atoms with Gasteiger partial charge in [-0.3, -0.25) is 14.4 Å². The van der Waals surface area contributed by atoms with Gasteiger partial charge in [0.05, 0.1) is 16.9 Å². The van der Waals surface area contributed by atoms with E-state index in [0.29, 0.717) is 28.1 Å². The predicted molar refractivity (Wildman–Crippen MR) is 121 cm³/mol. The summed E-state index contributed by atoms with van der Waals surface area (Å²) in [4.78, 5) is 53.7. The fourth-order valence-electron chi connectivity index (χ4n) is 3.10. The third-order valence-corrected chi connectivity index (χ3v) is 4.72. The van der Waals surface area contributed by atoms with Gasteiger partial charge in [0.2, 0.25) is 0 Å². The average Bonchev–Trinajstić information content (AvgIpc) is 3.24. The number of fused-ring (bicyclic) bond motifs is 1. The fraction of sp³-hybridized carbons (Fsp3) is 0.348. The fourth-order valence-corrected chi connectivity index (χ4v) is 3.10. The summed E-state index contributed by atoms with van der Waals surface area (Å²) in [5.41, 5.74) is 6.41. The SMILES string of the molecule is CC(=O)/C=C(\N=C(C)N)c1ccc2oc([C@@H]3NC(=O)N(COC(=O)C(C)(C)C)C3=O)cc2c1. The lowest BCUT2D eigenvalue weighted by Crippen LogP contribution is -2.36. The van der Waals surface area contributed by atoms with E-state index >= 15 is 0 Å². The monoisotopic (exact) mass is 454 g/mol. The van der Waals surface area contributed by atoms with E-state index in [2.05, 4.69) is 10.3 Å². The van der Waals surface area contributed by atoms with Crippen LogP contribution in [0.4, 0.5) is 4.79 Å². The molecular weight excluding hydrogens is 428 g/mol. The van der Waals surface area contributed by atoms with Crippen molar-refractivity contribution < 1.29 is 28.3 Å². The average molecular weight is 454 g/mol. The van der Waals surface area contributed by atoms with Crippen molar-refractivity contribution in [1.29, 1.82) is 0 Å². The molecule has 10 heteroatoms. The second-order valence-corrected chi connectivity index (χ2v) is 8.75. The minimum atomic E-state index is -1.06. The third-order valence-electron chi connectivity index (χ3n) is 4.72. The van der Waals surface area contributed by atoms with E-state index in [-0.39, 0.29) is 11.5 Å². The molecule has 1 fully saturated rings. The van der Waals surface area contributed by atoms with Gasteiger partial charge in [0.25, 0.3) is 5.91 Å². The molecule has 1 aromatic heterocycles. The summed E-state index contributed by atoms with van der Waals surface area (Å²) in [6.07, 6.45) is 1.37. The molecule has 1 saturated heterocycles. The molecule has 0 spiro atoms. The lowest BCUT2D eigenvalue weighted by atomic mass is 9.98. The Kier molecular flexibility index (Phi) is 6.39. The summed E-state index contributed by atoms with van der Waals surface area (Å²) in [5, 5.41) is 3.18. The number of furan rings is 1. The minimum absolute atomic E-state index is 0.186. The first-order valence-corrected chi connectivity index (χ1v) is 10.2. The Morgan fingerprint density at radius 1 is 1.24 bits per heavy atom. The predicted octanol–water partition coefficient (Wildman–Crippen LogP) is 2.88. The number of hydrogen-bond acceptors (Lipinski definition) is 7. The minimum Gasteiger partial charge on any atom is -0.458 e. The van der Waals surface area contributed by atoms with Gasteiger partial charge in [-0.25, -0.2) is 14.7 Å². The van der Waals surface area contributed by atoms with Crippen LogP contribution in [0.1, 0.15) is 52.0 Å². The Morgan fingerprint density at radius 2 is 1.94 bits per heavy atom. The van der Waals surface area contributed by atoms with Crippen molar-refractivity contribution in [3.8, 4) is 0 Å². The molecule has 3 amide bonds. The summed E-state index contributed by atoms with van der Waals surface area (Å²) in [7, 11) is 0. The summed E-state index contributed by atoms with van der Waals surface area (Å²) in [6, 6.07) is 5.01. The van der Waals surface area contributed by atoms with Gasteiger partial charge in [-0.2, -0.15) is 0 Å². The molecule has 0 radical (unpaired) electrons. The van der Waals surface area contributed by atoms with Crippen LogP contribution in [0, 0.1) is 5.41 Å². The van der Waals surface area contributed by atoms with Gasteiger partial charge in [0, 0.05) is 17.0 Å². The summed E-state index contributed by atoms with van der Waals surface area (Å²) < 4.78 is 10.9. The number of esters is 1.